The van der Waals surface area contributed by atoms with Crippen molar-refractivity contribution < 1.29 is 0 Å². The lowest BCUT2D eigenvalue weighted by molar-refractivity contribution is 1.17. The molecule has 0 spiro atoms. The van der Waals surface area contributed by atoms with Crippen LogP contribution in [0.25, 0.3) is 0 Å². The highest BCUT2D eigenvalue weighted by atomic mass is 35.5. The van der Waals surface area contributed by atoms with Gasteiger partial charge >= 0.3 is 0 Å². The summed E-state index contributed by atoms with van der Waals surface area (Å²) in [5.74, 6) is 0. The molecular weight excluding hydrogens is 170 g/mol. The Morgan fingerprint density at radius 2 is 1.92 bits per heavy atom. The number of anilines is 1. The SMILES string of the molecule is CC=C(Cl)N(C)c1ccccc1. The Morgan fingerprint density at radius 3 is 2.42 bits per heavy atom. The van der Waals surface area contributed by atoms with E-state index in [0.29, 0.717) is 0 Å². The Hall–Kier alpha value is -0.950. The molecule has 0 saturated heterocycles. The van der Waals surface area contributed by atoms with Gasteiger partial charge in [0.2, 0.25) is 0 Å². The van der Waals surface area contributed by atoms with Crippen LogP contribution < -0.4 is 4.90 Å². The third-order valence-corrected chi connectivity index (χ3v) is 2.17. The van der Waals surface area contributed by atoms with Crippen molar-refractivity contribution in [3.05, 3.63) is 41.6 Å². The van der Waals surface area contributed by atoms with Crippen LogP contribution in [0, 0.1) is 0 Å². The largest absolute Gasteiger partial charge is 0.336 e. The fraction of sp³-hybridized carbons (Fsp3) is 0.200. The van der Waals surface area contributed by atoms with E-state index in [0.717, 1.165) is 10.8 Å². The van der Waals surface area contributed by atoms with Gasteiger partial charge in [0.05, 0.1) is 0 Å². The minimum atomic E-state index is 0.737. The summed E-state index contributed by atoms with van der Waals surface area (Å²) in [5.41, 5.74) is 1.10. The Morgan fingerprint density at radius 1 is 1.33 bits per heavy atom. The lowest BCUT2D eigenvalue weighted by Crippen LogP contribution is -2.11. The summed E-state index contributed by atoms with van der Waals surface area (Å²) in [4.78, 5) is 1.93. The molecule has 0 aliphatic carbocycles. The summed E-state index contributed by atoms with van der Waals surface area (Å²) in [6, 6.07) is 10.0. The van der Waals surface area contributed by atoms with Crippen LogP contribution in [0.2, 0.25) is 0 Å². The molecule has 0 amide bonds. The summed E-state index contributed by atoms with van der Waals surface area (Å²) >= 11 is 5.94. The lowest BCUT2D eigenvalue weighted by Gasteiger charge is -2.17. The van der Waals surface area contributed by atoms with E-state index in [1.54, 1.807) is 0 Å². The molecule has 0 unspecified atom stereocenters. The van der Waals surface area contributed by atoms with E-state index in [1.165, 1.54) is 0 Å². The number of nitrogens with zero attached hydrogens (tertiary/aromatic N) is 1. The Balaban J connectivity index is 2.86. The Labute approximate surface area is 78.3 Å². The van der Waals surface area contributed by atoms with Crippen LogP contribution in [-0.2, 0) is 0 Å². The molecule has 2 heteroatoms. The van der Waals surface area contributed by atoms with Gasteiger partial charge in [0, 0.05) is 12.7 Å². The van der Waals surface area contributed by atoms with Gasteiger partial charge in [-0.05, 0) is 19.1 Å². The fourth-order valence-electron chi connectivity index (χ4n) is 0.969. The zero-order valence-electron chi connectivity index (χ0n) is 7.29. The van der Waals surface area contributed by atoms with Crippen LogP contribution in [0.3, 0.4) is 0 Å². The van der Waals surface area contributed by atoms with E-state index in [1.807, 2.05) is 55.3 Å². The van der Waals surface area contributed by atoms with E-state index in [2.05, 4.69) is 0 Å². The number of hydrogen-bond acceptors (Lipinski definition) is 1. The molecule has 0 heterocycles. The first-order valence-electron chi connectivity index (χ1n) is 3.86. The van der Waals surface area contributed by atoms with E-state index in [-0.39, 0.29) is 0 Å². The summed E-state index contributed by atoms with van der Waals surface area (Å²) in [6.07, 6.45) is 1.87. The maximum Gasteiger partial charge on any atom is 0.104 e. The molecule has 0 aliphatic heterocycles. The molecule has 1 rings (SSSR count). The Kier molecular flexibility index (Phi) is 3.18. The van der Waals surface area contributed by atoms with Crippen molar-refractivity contribution in [3.63, 3.8) is 0 Å². The fourth-order valence-corrected chi connectivity index (χ4v) is 1.07. The number of allylic oxidation sites excluding steroid dienone is 1. The zero-order chi connectivity index (χ0) is 8.97. The molecule has 0 atom stereocenters. The molecule has 0 aromatic heterocycles. The normalized spacial score (nSPS) is 11.4. The highest BCUT2D eigenvalue weighted by Gasteiger charge is 2.00. The van der Waals surface area contributed by atoms with Gasteiger partial charge in [-0.1, -0.05) is 35.9 Å². The molecule has 1 aromatic carbocycles. The van der Waals surface area contributed by atoms with Crippen LogP contribution in [0.15, 0.2) is 41.6 Å². The third-order valence-electron chi connectivity index (χ3n) is 1.70. The summed E-state index contributed by atoms with van der Waals surface area (Å²) < 4.78 is 0. The molecule has 0 N–H and O–H groups in total. The first-order valence-corrected chi connectivity index (χ1v) is 4.24. The first-order chi connectivity index (χ1) is 5.75. The van der Waals surface area contributed by atoms with Crippen molar-refractivity contribution in [2.45, 2.75) is 6.92 Å². The highest BCUT2D eigenvalue weighted by molar-refractivity contribution is 6.31. The molecule has 1 nitrogen and oxygen atoms in total. The average Bonchev–Trinajstić information content (AvgIpc) is 2.17. The second-order valence-corrected chi connectivity index (χ2v) is 2.89. The van der Waals surface area contributed by atoms with Crippen molar-refractivity contribution in [3.8, 4) is 0 Å². The van der Waals surface area contributed by atoms with Gasteiger partial charge in [0.15, 0.2) is 0 Å². The van der Waals surface area contributed by atoms with Gasteiger partial charge in [-0.25, -0.2) is 0 Å². The molecule has 64 valence electrons. The van der Waals surface area contributed by atoms with Gasteiger partial charge < -0.3 is 4.90 Å². The first kappa shape index (κ1) is 9.14. The summed E-state index contributed by atoms with van der Waals surface area (Å²) in [7, 11) is 1.94. The minimum Gasteiger partial charge on any atom is -0.336 e. The number of rotatable bonds is 2. The van der Waals surface area contributed by atoms with Crippen molar-refractivity contribution >= 4 is 17.3 Å². The van der Waals surface area contributed by atoms with Gasteiger partial charge in [0.25, 0.3) is 0 Å². The van der Waals surface area contributed by atoms with Crippen LogP contribution in [0.1, 0.15) is 6.92 Å². The van der Waals surface area contributed by atoms with Crippen LogP contribution in [-0.4, -0.2) is 7.05 Å². The summed E-state index contributed by atoms with van der Waals surface area (Å²) in [5, 5.41) is 0.737. The van der Waals surface area contributed by atoms with E-state index in [9.17, 15) is 0 Å². The van der Waals surface area contributed by atoms with E-state index >= 15 is 0 Å². The number of hydrogen-bond donors (Lipinski definition) is 0. The highest BCUT2D eigenvalue weighted by Crippen LogP contribution is 2.18. The predicted molar refractivity (Wildman–Crippen MR) is 54.5 cm³/mol. The number of para-hydroxylation sites is 1. The van der Waals surface area contributed by atoms with Gasteiger partial charge in [-0.15, -0.1) is 0 Å². The predicted octanol–water partition coefficient (Wildman–Crippen LogP) is 3.22. The molecule has 1 aromatic rings. The topological polar surface area (TPSA) is 3.24 Å². The van der Waals surface area contributed by atoms with E-state index in [4.69, 9.17) is 11.6 Å². The Bertz CT molecular complexity index is 266. The van der Waals surface area contributed by atoms with Crippen LogP contribution in [0.4, 0.5) is 5.69 Å². The minimum absolute atomic E-state index is 0.737. The molecule has 0 aliphatic rings. The van der Waals surface area contributed by atoms with Crippen molar-refractivity contribution in [2.24, 2.45) is 0 Å². The third kappa shape index (κ3) is 2.02. The molecule has 0 fully saturated rings. The quantitative estimate of drug-likeness (QED) is 0.634. The van der Waals surface area contributed by atoms with Gasteiger partial charge in [0.1, 0.15) is 5.16 Å². The number of halogens is 1. The van der Waals surface area contributed by atoms with Gasteiger partial charge in [-0.2, -0.15) is 0 Å². The second-order valence-electron chi connectivity index (χ2n) is 2.51. The molecular formula is C10H12ClN. The molecule has 0 bridgehead atoms. The monoisotopic (exact) mass is 181 g/mol. The molecule has 0 saturated carbocycles. The smallest absolute Gasteiger partial charge is 0.104 e. The van der Waals surface area contributed by atoms with Gasteiger partial charge in [-0.3, -0.25) is 0 Å². The maximum absolute atomic E-state index is 5.94. The lowest BCUT2D eigenvalue weighted by atomic mass is 10.3. The average molecular weight is 182 g/mol. The van der Waals surface area contributed by atoms with Crippen molar-refractivity contribution in [2.75, 3.05) is 11.9 Å². The van der Waals surface area contributed by atoms with Crippen molar-refractivity contribution in [1.29, 1.82) is 0 Å². The van der Waals surface area contributed by atoms with E-state index < -0.39 is 0 Å². The van der Waals surface area contributed by atoms with Crippen LogP contribution in [0.5, 0.6) is 0 Å². The molecule has 0 radical (unpaired) electrons. The zero-order valence-corrected chi connectivity index (χ0v) is 8.05. The van der Waals surface area contributed by atoms with Crippen molar-refractivity contribution in [1.82, 2.24) is 0 Å². The summed E-state index contributed by atoms with van der Waals surface area (Å²) in [6.45, 7) is 1.92. The molecule has 12 heavy (non-hydrogen) atoms. The van der Waals surface area contributed by atoms with Crippen LogP contribution >= 0.6 is 11.6 Å². The standard InChI is InChI=1S/C10H12ClN/c1-3-10(11)12(2)9-7-5-4-6-8-9/h3-8H,1-2H3. The number of benzene rings is 1. The maximum atomic E-state index is 5.94. The second kappa shape index (κ2) is 4.17.